The maximum atomic E-state index is 11.7. The van der Waals surface area contributed by atoms with Crippen molar-refractivity contribution < 1.29 is 14.3 Å². The van der Waals surface area contributed by atoms with Gasteiger partial charge in [0, 0.05) is 37.5 Å². The van der Waals surface area contributed by atoms with Crippen molar-refractivity contribution in [3.05, 3.63) is 18.2 Å². The first kappa shape index (κ1) is 13.0. The lowest BCUT2D eigenvalue weighted by atomic mass is 10.2. The van der Waals surface area contributed by atoms with Crippen molar-refractivity contribution in [2.24, 2.45) is 0 Å². The molecule has 0 radical (unpaired) electrons. The van der Waals surface area contributed by atoms with Crippen LogP contribution in [0.3, 0.4) is 0 Å². The lowest BCUT2D eigenvalue weighted by molar-refractivity contribution is -0.117. The molecule has 0 unspecified atom stereocenters. The van der Waals surface area contributed by atoms with E-state index < -0.39 is 0 Å². The molecule has 0 spiro atoms. The SMILES string of the molecule is CN(C(=O)CCCl)c1ccc2c(c1)OCCCO2. The molecule has 0 aromatic heterocycles. The van der Waals surface area contributed by atoms with E-state index in [9.17, 15) is 4.79 Å². The van der Waals surface area contributed by atoms with Gasteiger partial charge >= 0.3 is 0 Å². The molecular weight excluding hydrogens is 254 g/mol. The number of benzene rings is 1. The lowest BCUT2D eigenvalue weighted by Gasteiger charge is -2.18. The Hall–Kier alpha value is -1.42. The number of anilines is 1. The number of hydrogen-bond donors (Lipinski definition) is 0. The summed E-state index contributed by atoms with van der Waals surface area (Å²) in [5.74, 6) is 1.73. The van der Waals surface area contributed by atoms with Crippen LogP contribution in [0, 0.1) is 0 Å². The van der Waals surface area contributed by atoms with E-state index in [4.69, 9.17) is 21.1 Å². The highest BCUT2D eigenvalue weighted by Crippen LogP contribution is 2.33. The molecule has 0 bridgehead atoms. The molecule has 1 aromatic rings. The number of amides is 1. The summed E-state index contributed by atoms with van der Waals surface area (Å²) in [6.07, 6.45) is 1.19. The van der Waals surface area contributed by atoms with Crippen molar-refractivity contribution in [1.29, 1.82) is 0 Å². The van der Waals surface area contributed by atoms with Gasteiger partial charge in [0.15, 0.2) is 11.5 Å². The topological polar surface area (TPSA) is 38.8 Å². The third-order valence-electron chi connectivity index (χ3n) is 2.80. The highest BCUT2D eigenvalue weighted by molar-refractivity contribution is 6.19. The number of alkyl halides is 1. The van der Waals surface area contributed by atoms with Crippen molar-refractivity contribution in [2.45, 2.75) is 12.8 Å². The van der Waals surface area contributed by atoms with Gasteiger partial charge in [-0.25, -0.2) is 0 Å². The number of fused-ring (bicyclic) bond motifs is 1. The van der Waals surface area contributed by atoms with E-state index in [1.54, 1.807) is 11.9 Å². The Morgan fingerprint density at radius 3 is 2.78 bits per heavy atom. The first-order valence-electron chi connectivity index (χ1n) is 5.94. The van der Waals surface area contributed by atoms with E-state index in [1.807, 2.05) is 18.2 Å². The number of carbonyl (C=O) groups is 1. The average molecular weight is 270 g/mol. The molecule has 0 aliphatic carbocycles. The molecule has 1 aliphatic rings. The van der Waals surface area contributed by atoms with Crippen molar-refractivity contribution in [2.75, 3.05) is 31.0 Å². The first-order valence-corrected chi connectivity index (χ1v) is 6.48. The van der Waals surface area contributed by atoms with E-state index in [2.05, 4.69) is 0 Å². The van der Waals surface area contributed by atoms with Crippen LogP contribution in [0.5, 0.6) is 11.5 Å². The normalized spacial score (nSPS) is 13.9. The molecular formula is C13H16ClNO3. The monoisotopic (exact) mass is 269 g/mol. The minimum absolute atomic E-state index is 0.0144. The van der Waals surface area contributed by atoms with E-state index in [1.165, 1.54) is 0 Å². The Morgan fingerprint density at radius 1 is 1.33 bits per heavy atom. The Morgan fingerprint density at radius 2 is 2.06 bits per heavy atom. The van der Waals surface area contributed by atoms with E-state index >= 15 is 0 Å². The summed E-state index contributed by atoms with van der Waals surface area (Å²) in [6, 6.07) is 5.51. The fraction of sp³-hybridized carbons (Fsp3) is 0.462. The molecule has 98 valence electrons. The van der Waals surface area contributed by atoms with Gasteiger partial charge in [-0.3, -0.25) is 4.79 Å². The Labute approximate surface area is 111 Å². The third-order valence-corrected chi connectivity index (χ3v) is 2.99. The van der Waals surface area contributed by atoms with Crippen LogP contribution in [0.25, 0.3) is 0 Å². The maximum absolute atomic E-state index is 11.7. The number of rotatable bonds is 3. The first-order chi connectivity index (χ1) is 8.72. The van der Waals surface area contributed by atoms with Gasteiger partial charge in [-0.15, -0.1) is 11.6 Å². The highest BCUT2D eigenvalue weighted by atomic mass is 35.5. The predicted molar refractivity (Wildman–Crippen MR) is 70.8 cm³/mol. The minimum Gasteiger partial charge on any atom is -0.490 e. The van der Waals surface area contributed by atoms with Gasteiger partial charge in [-0.05, 0) is 12.1 Å². The third kappa shape index (κ3) is 2.88. The van der Waals surface area contributed by atoms with Gasteiger partial charge in [0.05, 0.1) is 13.2 Å². The largest absolute Gasteiger partial charge is 0.490 e. The smallest absolute Gasteiger partial charge is 0.227 e. The van der Waals surface area contributed by atoms with Crippen LogP contribution in [0.15, 0.2) is 18.2 Å². The number of hydrogen-bond acceptors (Lipinski definition) is 3. The van der Waals surface area contributed by atoms with Crippen LogP contribution >= 0.6 is 11.6 Å². The predicted octanol–water partition coefficient (Wildman–Crippen LogP) is 2.44. The summed E-state index contributed by atoms with van der Waals surface area (Å²) in [5, 5.41) is 0. The number of halogens is 1. The molecule has 1 aromatic carbocycles. The Kier molecular flexibility index (Phi) is 4.31. The summed E-state index contributed by atoms with van der Waals surface area (Å²) in [4.78, 5) is 13.3. The summed E-state index contributed by atoms with van der Waals surface area (Å²) >= 11 is 5.57. The Balaban J connectivity index is 2.19. The summed E-state index contributed by atoms with van der Waals surface area (Å²) < 4.78 is 11.1. The second-order valence-electron chi connectivity index (χ2n) is 4.07. The van der Waals surface area contributed by atoms with Crippen LogP contribution in [0.4, 0.5) is 5.69 Å². The minimum atomic E-state index is -0.0144. The van der Waals surface area contributed by atoms with Crippen LogP contribution in [-0.4, -0.2) is 32.0 Å². The molecule has 0 saturated heterocycles. The molecule has 4 nitrogen and oxygen atoms in total. The average Bonchev–Trinajstić information content (AvgIpc) is 2.62. The van der Waals surface area contributed by atoms with Gasteiger partial charge in [0.2, 0.25) is 5.91 Å². The quantitative estimate of drug-likeness (QED) is 0.791. The molecule has 18 heavy (non-hydrogen) atoms. The van der Waals surface area contributed by atoms with Crippen molar-refractivity contribution >= 4 is 23.2 Å². The van der Waals surface area contributed by atoms with Crippen molar-refractivity contribution in [1.82, 2.24) is 0 Å². The van der Waals surface area contributed by atoms with E-state index in [0.717, 1.165) is 17.9 Å². The fourth-order valence-electron chi connectivity index (χ4n) is 1.75. The molecule has 5 heteroatoms. The van der Waals surface area contributed by atoms with E-state index in [0.29, 0.717) is 31.3 Å². The van der Waals surface area contributed by atoms with Gasteiger partial charge in [-0.2, -0.15) is 0 Å². The second-order valence-corrected chi connectivity index (χ2v) is 4.45. The Bertz CT molecular complexity index is 436. The summed E-state index contributed by atoms with van der Waals surface area (Å²) in [6.45, 7) is 1.29. The molecule has 1 heterocycles. The van der Waals surface area contributed by atoms with Gasteiger partial charge < -0.3 is 14.4 Å². The van der Waals surface area contributed by atoms with Crippen LogP contribution in [0.2, 0.25) is 0 Å². The standard InChI is InChI=1S/C13H16ClNO3/c1-15(13(16)5-6-14)10-3-4-11-12(9-10)18-8-2-7-17-11/h3-4,9H,2,5-8H2,1H3. The van der Waals surface area contributed by atoms with Crippen LogP contribution in [0.1, 0.15) is 12.8 Å². The zero-order chi connectivity index (χ0) is 13.0. The molecule has 0 saturated carbocycles. The number of carbonyl (C=O) groups excluding carboxylic acids is 1. The second kappa shape index (κ2) is 5.96. The molecule has 0 N–H and O–H groups in total. The molecule has 1 amide bonds. The summed E-state index contributed by atoms with van der Waals surface area (Å²) in [7, 11) is 1.73. The molecule has 0 fully saturated rings. The molecule has 0 atom stereocenters. The zero-order valence-electron chi connectivity index (χ0n) is 10.3. The number of nitrogens with zero attached hydrogens (tertiary/aromatic N) is 1. The van der Waals surface area contributed by atoms with Crippen LogP contribution < -0.4 is 14.4 Å². The lowest BCUT2D eigenvalue weighted by Crippen LogP contribution is -2.26. The van der Waals surface area contributed by atoms with Crippen molar-refractivity contribution in [3.63, 3.8) is 0 Å². The fourth-order valence-corrected chi connectivity index (χ4v) is 1.91. The zero-order valence-corrected chi connectivity index (χ0v) is 11.1. The maximum Gasteiger partial charge on any atom is 0.227 e. The van der Waals surface area contributed by atoms with Gasteiger partial charge in [0.25, 0.3) is 0 Å². The van der Waals surface area contributed by atoms with Crippen LogP contribution in [-0.2, 0) is 4.79 Å². The molecule has 1 aliphatic heterocycles. The van der Waals surface area contributed by atoms with Gasteiger partial charge in [-0.1, -0.05) is 0 Å². The highest BCUT2D eigenvalue weighted by Gasteiger charge is 2.15. The molecule has 2 rings (SSSR count). The summed E-state index contributed by atoms with van der Waals surface area (Å²) in [5.41, 5.74) is 0.786. The van der Waals surface area contributed by atoms with Gasteiger partial charge in [0.1, 0.15) is 0 Å². The number of ether oxygens (including phenoxy) is 2. The van der Waals surface area contributed by atoms with E-state index in [-0.39, 0.29) is 5.91 Å². The van der Waals surface area contributed by atoms with Crippen molar-refractivity contribution in [3.8, 4) is 11.5 Å².